The van der Waals surface area contributed by atoms with Crippen LogP contribution in [0.1, 0.15) is 24.8 Å². The van der Waals surface area contributed by atoms with Crippen LogP contribution in [0.15, 0.2) is 24.3 Å². The molecule has 2 atom stereocenters. The summed E-state index contributed by atoms with van der Waals surface area (Å²) in [6, 6.07) is 7.98. The quantitative estimate of drug-likeness (QED) is 0.887. The molecule has 114 valence electrons. The van der Waals surface area contributed by atoms with Crippen LogP contribution in [0.2, 0.25) is 0 Å². The van der Waals surface area contributed by atoms with Gasteiger partial charge in [-0.2, -0.15) is 0 Å². The van der Waals surface area contributed by atoms with Gasteiger partial charge in [0.15, 0.2) is 0 Å². The van der Waals surface area contributed by atoms with Crippen molar-refractivity contribution in [3.05, 3.63) is 29.8 Å². The van der Waals surface area contributed by atoms with Gasteiger partial charge in [0.05, 0.1) is 5.92 Å². The van der Waals surface area contributed by atoms with Gasteiger partial charge in [-0.05, 0) is 56.3 Å². The van der Waals surface area contributed by atoms with E-state index in [0.717, 1.165) is 43.8 Å². The Hall–Kier alpha value is -1.55. The van der Waals surface area contributed by atoms with Gasteiger partial charge >= 0.3 is 0 Å². The minimum absolute atomic E-state index is 0.0515. The van der Waals surface area contributed by atoms with Crippen molar-refractivity contribution in [2.75, 3.05) is 26.2 Å². The number of fused-ring (bicyclic) bond motifs is 1. The van der Waals surface area contributed by atoms with Crippen molar-refractivity contribution in [2.45, 2.75) is 25.7 Å². The Labute approximate surface area is 126 Å². The van der Waals surface area contributed by atoms with Gasteiger partial charge in [0.25, 0.3) is 0 Å². The van der Waals surface area contributed by atoms with Crippen LogP contribution in [0.5, 0.6) is 5.75 Å². The summed E-state index contributed by atoms with van der Waals surface area (Å²) in [5.74, 6) is 1.72. The summed E-state index contributed by atoms with van der Waals surface area (Å²) < 4.78 is 5.68. The van der Waals surface area contributed by atoms with Gasteiger partial charge in [0.2, 0.25) is 5.91 Å². The van der Waals surface area contributed by atoms with Gasteiger partial charge in [0, 0.05) is 6.54 Å². The van der Waals surface area contributed by atoms with Crippen LogP contribution in [-0.2, 0) is 11.2 Å². The molecule has 2 N–H and O–H groups in total. The molecule has 1 saturated heterocycles. The molecule has 1 aromatic rings. The molecule has 3 rings (SSSR count). The Bertz CT molecular complexity index is 483. The van der Waals surface area contributed by atoms with E-state index in [2.05, 4.69) is 10.6 Å². The van der Waals surface area contributed by atoms with E-state index < -0.39 is 0 Å². The molecule has 1 amide bonds. The van der Waals surface area contributed by atoms with Crippen molar-refractivity contribution >= 4 is 5.91 Å². The molecule has 0 spiro atoms. The van der Waals surface area contributed by atoms with Crippen molar-refractivity contribution < 1.29 is 9.53 Å². The predicted octanol–water partition coefficient (Wildman–Crippen LogP) is 1.74. The van der Waals surface area contributed by atoms with E-state index in [1.165, 1.54) is 12.8 Å². The van der Waals surface area contributed by atoms with E-state index in [1.54, 1.807) is 0 Å². The first-order valence-electron chi connectivity index (χ1n) is 8.02. The molecule has 0 radical (unpaired) electrons. The molecule has 2 unspecified atom stereocenters. The second kappa shape index (κ2) is 6.94. The minimum atomic E-state index is -0.0515. The van der Waals surface area contributed by atoms with Crippen LogP contribution in [0.4, 0.5) is 0 Å². The van der Waals surface area contributed by atoms with E-state index in [0.29, 0.717) is 12.5 Å². The fraction of sp³-hybridized carbons (Fsp3) is 0.588. The van der Waals surface area contributed by atoms with Gasteiger partial charge in [-0.25, -0.2) is 0 Å². The lowest BCUT2D eigenvalue weighted by atomic mass is 9.95. The second-order valence-corrected chi connectivity index (χ2v) is 6.11. The van der Waals surface area contributed by atoms with Gasteiger partial charge in [-0.15, -0.1) is 0 Å². The maximum absolute atomic E-state index is 12.2. The molecule has 2 heterocycles. The first-order valence-corrected chi connectivity index (χ1v) is 8.02. The van der Waals surface area contributed by atoms with Crippen LogP contribution in [0, 0.1) is 11.8 Å². The summed E-state index contributed by atoms with van der Waals surface area (Å²) >= 11 is 0. The monoisotopic (exact) mass is 288 g/mol. The zero-order valence-electron chi connectivity index (χ0n) is 12.4. The van der Waals surface area contributed by atoms with Crippen LogP contribution in [0.3, 0.4) is 0 Å². The lowest BCUT2D eigenvalue weighted by Crippen LogP contribution is -2.39. The summed E-state index contributed by atoms with van der Waals surface area (Å²) in [5, 5.41) is 6.50. The van der Waals surface area contributed by atoms with Crippen LogP contribution >= 0.6 is 0 Å². The van der Waals surface area contributed by atoms with E-state index >= 15 is 0 Å². The molecule has 0 saturated carbocycles. The first kappa shape index (κ1) is 14.4. The zero-order chi connectivity index (χ0) is 14.5. The van der Waals surface area contributed by atoms with Crippen molar-refractivity contribution in [3.8, 4) is 5.75 Å². The number of para-hydroxylation sites is 1. The number of carbonyl (C=O) groups is 1. The Kier molecular flexibility index (Phi) is 4.76. The molecule has 1 fully saturated rings. The Morgan fingerprint density at radius 1 is 1.38 bits per heavy atom. The van der Waals surface area contributed by atoms with Gasteiger partial charge < -0.3 is 15.4 Å². The normalized spacial score (nSPS) is 24.8. The molecule has 4 nitrogen and oxygen atoms in total. The molecule has 2 aliphatic rings. The molecular weight excluding hydrogens is 264 g/mol. The molecule has 1 aromatic carbocycles. The van der Waals surface area contributed by atoms with E-state index in [1.807, 2.05) is 24.3 Å². The highest BCUT2D eigenvalue weighted by molar-refractivity contribution is 5.79. The number of benzene rings is 1. The SMILES string of the molecule is O=C(NCCC1CCCNC1)C1COc2ccccc2C1. The van der Waals surface area contributed by atoms with Crippen molar-refractivity contribution in [1.82, 2.24) is 10.6 Å². The molecule has 4 heteroatoms. The number of nitrogens with one attached hydrogen (secondary N) is 2. The number of hydrogen-bond acceptors (Lipinski definition) is 3. The first-order chi connectivity index (χ1) is 10.3. The number of amides is 1. The van der Waals surface area contributed by atoms with Gasteiger partial charge in [-0.3, -0.25) is 4.79 Å². The van der Waals surface area contributed by atoms with Crippen LogP contribution < -0.4 is 15.4 Å². The topological polar surface area (TPSA) is 50.4 Å². The Balaban J connectivity index is 1.44. The summed E-state index contributed by atoms with van der Waals surface area (Å²) in [5.41, 5.74) is 1.14. The lowest BCUT2D eigenvalue weighted by molar-refractivity contribution is -0.126. The third-order valence-electron chi connectivity index (χ3n) is 4.50. The predicted molar refractivity (Wildman–Crippen MR) is 82.4 cm³/mol. The Morgan fingerprint density at radius 3 is 3.14 bits per heavy atom. The minimum Gasteiger partial charge on any atom is -0.492 e. The smallest absolute Gasteiger partial charge is 0.226 e. The average molecular weight is 288 g/mol. The summed E-state index contributed by atoms with van der Waals surface area (Å²) in [4.78, 5) is 12.2. The van der Waals surface area contributed by atoms with E-state index in [4.69, 9.17) is 4.74 Å². The highest BCUT2D eigenvalue weighted by atomic mass is 16.5. The number of carbonyl (C=O) groups excluding carboxylic acids is 1. The van der Waals surface area contributed by atoms with Crippen LogP contribution in [0.25, 0.3) is 0 Å². The largest absolute Gasteiger partial charge is 0.492 e. The highest BCUT2D eigenvalue weighted by Gasteiger charge is 2.25. The third kappa shape index (κ3) is 3.76. The Morgan fingerprint density at radius 2 is 2.29 bits per heavy atom. The summed E-state index contributed by atoms with van der Waals surface area (Å²) in [6.07, 6.45) is 4.39. The number of rotatable bonds is 4. The maximum Gasteiger partial charge on any atom is 0.226 e. The summed E-state index contributed by atoms with van der Waals surface area (Å²) in [6.45, 7) is 3.51. The van der Waals surface area contributed by atoms with E-state index in [-0.39, 0.29) is 11.8 Å². The fourth-order valence-corrected chi connectivity index (χ4v) is 3.21. The van der Waals surface area contributed by atoms with Crippen molar-refractivity contribution in [3.63, 3.8) is 0 Å². The highest BCUT2D eigenvalue weighted by Crippen LogP contribution is 2.26. The molecule has 0 bridgehead atoms. The van der Waals surface area contributed by atoms with Crippen molar-refractivity contribution in [1.29, 1.82) is 0 Å². The molecule has 2 aliphatic heterocycles. The summed E-state index contributed by atoms with van der Waals surface area (Å²) in [7, 11) is 0. The van der Waals surface area contributed by atoms with E-state index in [9.17, 15) is 4.79 Å². The number of piperidine rings is 1. The lowest BCUT2D eigenvalue weighted by Gasteiger charge is -2.25. The second-order valence-electron chi connectivity index (χ2n) is 6.11. The standard InChI is InChI=1S/C17H24N2O2/c20-17(19-9-7-13-4-3-8-18-11-13)15-10-14-5-1-2-6-16(14)21-12-15/h1-2,5-6,13,15,18H,3-4,7-12H2,(H,19,20). The fourth-order valence-electron chi connectivity index (χ4n) is 3.21. The maximum atomic E-state index is 12.2. The molecule has 21 heavy (non-hydrogen) atoms. The van der Waals surface area contributed by atoms with Crippen LogP contribution in [-0.4, -0.2) is 32.1 Å². The molecule has 0 aliphatic carbocycles. The number of ether oxygens (including phenoxy) is 1. The zero-order valence-corrected chi connectivity index (χ0v) is 12.4. The average Bonchev–Trinajstić information content (AvgIpc) is 2.55. The molecule has 0 aromatic heterocycles. The number of hydrogen-bond donors (Lipinski definition) is 2. The van der Waals surface area contributed by atoms with Crippen molar-refractivity contribution in [2.24, 2.45) is 11.8 Å². The molecular formula is C17H24N2O2. The van der Waals surface area contributed by atoms with Gasteiger partial charge in [0.1, 0.15) is 12.4 Å². The third-order valence-corrected chi connectivity index (χ3v) is 4.50. The van der Waals surface area contributed by atoms with Gasteiger partial charge in [-0.1, -0.05) is 18.2 Å².